The van der Waals surface area contributed by atoms with Gasteiger partial charge in [-0.1, -0.05) is 24.3 Å². The number of nitrogens with two attached hydrogens (primary N) is 1. The Kier molecular flexibility index (Phi) is 7.75. The molecule has 1 atom stereocenters. The maximum atomic E-state index is 12.9. The number of carbonyl (C=O) groups excluding carboxylic acids is 2. The smallest absolute Gasteiger partial charge is 0.408 e. The number of alkyl carbamates (subject to hydrolysis) is 1. The van der Waals surface area contributed by atoms with Crippen molar-refractivity contribution in [2.24, 2.45) is 5.73 Å². The highest BCUT2D eigenvalue weighted by Gasteiger charge is 2.30. The lowest BCUT2D eigenvalue weighted by atomic mass is 10.1. The Bertz CT molecular complexity index is 897. The number of rotatable bonds is 7. The molecule has 1 saturated carbocycles. The third kappa shape index (κ3) is 6.99. The molecule has 3 rings (SSSR count). The van der Waals surface area contributed by atoms with E-state index in [1.54, 1.807) is 45.0 Å². The van der Waals surface area contributed by atoms with E-state index in [1.165, 1.54) is 0 Å². The molecule has 32 heavy (non-hydrogen) atoms. The number of hydrogen-bond acceptors (Lipinski definition) is 6. The molecule has 0 spiro atoms. The molecule has 1 fully saturated rings. The van der Waals surface area contributed by atoms with Crippen molar-refractivity contribution in [2.45, 2.75) is 70.7 Å². The topological polar surface area (TPSA) is 99.9 Å². The van der Waals surface area contributed by atoms with E-state index in [2.05, 4.69) is 5.32 Å². The van der Waals surface area contributed by atoms with Gasteiger partial charge in [-0.3, -0.25) is 0 Å². The predicted molar refractivity (Wildman–Crippen MR) is 121 cm³/mol. The Morgan fingerprint density at radius 3 is 2.09 bits per heavy atom. The molecule has 0 heterocycles. The summed E-state index contributed by atoms with van der Waals surface area (Å²) < 4.78 is 16.9. The maximum Gasteiger partial charge on any atom is 0.408 e. The van der Waals surface area contributed by atoms with Crippen LogP contribution in [0.5, 0.6) is 11.5 Å². The van der Waals surface area contributed by atoms with Gasteiger partial charge in [0.1, 0.15) is 23.2 Å². The minimum Gasteiger partial charge on any atom is -0.461 e. The zero-order valence-electron chi connectivity index (χ0n) is 18.9. The molecule has 2 aromatic rings. The molecular weight excluding hydrogens is 408 g/mol. The van der Waals surface area contributed by atoms with Crippen molar-refractivity contribution in [1.29, 1.82) is 0 Å². The molecule has 0 radical (unpaired) electrons. The van der Waals surface area contributed by atoms with Crippen LogP contribution in [-0.2, 0) is 20.8 Å². The summed E-state index contributed by atoms with van der Waals surface area (Å²) in [5, 5.41) is 2.66. The van der Waals surface area contributed by atoms with Gasteiger partial charge < -0.3 is 25.3 Å². The van der Waals surface area contributed by atoms with Gasteiger partial charge in [-0.05, 0) is 81.8 Å². The number of carbonyl (C=O) groups is 2. The normalized spacial score (nSPS) is 15.1. The molecule has 1 aliphatic rings. The van der Waals surface area contributed by atoms with E-state index < -0.39 is 23.7 Å². The van der Waals surface area contributed by atoms with E-state index in [9.17, 15) is 9.59 Å². The average Bonchev–Trinajstić information content (AvgIpc) is 3.25. The van der Waals surface area contributed by atoms with Gasteiger partial charge in [0.2, 0.25) is 0 Å². The van der Waals surface area contributed by atoms with Crippen molar-refractivity contribution in [2.75, 3.05) is 0 Å². The van der Waals surface area contributed by atoms with Gasteiger partial charge in [0.15, 0.2) is 6.04 Å². The van der Waals surface area contributed by atoms with Gasteiger partial charge >= 0.3 is 12.1 Å². The van der Waals surface area contributed by atoms with Crippen molar-refractivity contribution < 1.29 is 23.8 Å². The third-order valence-corrected chi connectivity index (χ3v) is 5.09. The van der Waals surface area contributed by atoms with Crippen LogP contribution in [-0.4, -0.2) is 23.8 Å². The SMILES string of the molecule is CC(C)(C)OC(=O)NC(C(=O)OC1CCCC1)c1ccc(Oc2ccc(CN)cc2)cc1. The van der Waals surface area contributed by atoms with E-state index in [4.69, 9.17) is 19.9 Å². The summed E-state index contributed by atoms with van der Waals surface area (Å²) >= 11 is 0. The van der Waals surface area contributed by atoms with Crippen molar-refractivity contribution in [3.05, 3.63) is 59.7 Å². The molecular formula is C25H32N2O5. The van der Waals surface area contributed by atoms with Crippen LogP contribution in [0.25, 0.3) is 0 Å². The first-order valence-electron chi connectivity index (χ1n) is 11.0. The average molecular weight is 441 g/mol. The van der Waals surface area contributed by atoms with Crippen LogP contribution in [0.4, 0.5) is 4.79 Å². The van der Waals surface area contributed by atoms with Crippen molar-refractivity contribution in [3.63, 3.8) is 0 Å². The van der Waals surface area contributed by atoms with Crippen LogP contribution in [0.2, 0.25) is 0 Å². The fourth-order valence-corrected chi connectivity index (χ4v) is 3.50. The molecule has 2 aromatic carbocycles. The van der Waals surface area contributed by atoms with E-state index >= 15 is 0 Å². The summed E-state index contributed by atoms with van der Waals surface area (Å²) in [5.74, 6) is 0.794. The lowest BCUT2D eigenvalue weighted by molar-refractivity contribution is -0.151. The number of nitrogens with one attached hydrogen (secondary N) is 1. The summed E-state index contributed by atoms with van der Waals surface area (Å²) in [6.07, 6.45) is 3.00. The second-order valence-corrected chi connectivity index (χ2v) is 8.94. The van der Waals surface area contributed by atoms with Crippen LogP contribution in [0.15, 0.2) is 48.5 Å². The largest absolute Gasteiger partial charge is 0.461 e. The molecule has 3 N–H and O–H groups in total. The van der Waals surface area contributed by atoms with Crippen LogP contribution >= 0.6 is 0 Å². The monoisotopic (exact) mass is 440 g/mol. The zero-order valence-corrected chi connectivity index (χ0v) is 18.9. The highest BCUT2D eigenvalue weighted by Crippen LogP contribution is 2.27. The molecule has 172 valence electrons. The first-order valence-corrected chi connectivity index (χ1v) is 11.0. The molecule has 7 heteroatoms. The van der Waals surface area contributed by atoms with Crippen molar-refractivity contribution in [1.82, 2.24) is 5.32 Å². The predicted octanol–water partition coefficient (Wildman–Crippen LogP) is 4.99. The van der Waals surface area contributed by atoms with Crippen LogP contribution in [0.1, 0.15) is 63.6 Å². The third-order valence-electron chi connectivity index (χ3n) is 5.09. The first-order chi connectivity index (χ1) is 15.2. The van der Waals surface area contributed by atoms with Crippen LogP contribution in [0.3, 0.4) is 0 Å². The molecule has 1 aliphatic carbocycles. The summed E-state index contributed by atoms with van der Waals surface area (Å²) in [6.45, 7) is 5.78. The molecule has 0 bridgehead atoms. The number of benzene rings is 2. The Labute approximate surface area is 189 Å². The first kappa shape index (κ1) is 23.6. The lowest BCUT2D eigenvalue weighted by Crippen LogP contribution is -2.39. The van der Waals surface area contributed by atoms with Crippen LogP contribution in [0, 0.1) is 0 Å². The number of esters is 1. The highest BCUT2D eigenvalue weighted by molar-refractivity contribution is 5.83. The second-order valence-electron chi connectivity index (χ2n) is 8.94. The zero-order chi connectivity index (χ0) is 23.1. The quantitative estimate of drug-likeness (QED) is 0.589. The van der Waals surface area contributed by atoms with Gasteiger partial charge in [0.25, 0.3) is 0 Å². The Morgan fingerprint density at radius 2 is 1.56 bits per heavy atom. The van der Waals surface area contributed by atoms with E-state index in [1.807, 2.05) is 24.3 Å². The van der Waals surface area contributed by atoms with E-state index in [0.717, 1.165) is 31.2 Å². The maximum absolute atomic E-state index is 12.9. The van der Waals surface area contributed by atoms with Crippen molar-refractivity contribution >= 4 is 12.1 Å². The van der Waals surface area contributed by atoms with Gasteiger partial charge in [-0.25, -0.2) is 9.59 Å². The second kappa shape index (κ2) is 10.5. The number of hydrogen-bond donors (Lipinski definition) is 2. The Morgan fingerprint density at radius 1 is 1.00 bits per heavy atom. The molecule has 1 amide bonds. The molecule has 7 nitrogen and oxygen atoms in total. The fraction of sp³-hybridized carbons (Fsp3) is 0.440. The summed E-state index contributed by atoms with van der Waals surface area (Å²) in [7, 11) is 0. The minimum atomic E-state index is -0.969. The highest BCUT2D eigenvalue weighted by atomic mass is 16.6. The molecule has 0 aromatic heterocycles. The molecule has 0 aliphatic heterocycles. The fourth-order valence-electron chi connectivity index (χ4n) is 3.50. The van der Waals surface area contributed by atoms with Gasteiger partial charge in [-0.15, -0.1) is 0 Å². The summed E-state index contributed by atoms with van der Waals surface area (Å²) in [4.78, 5) is 25.3. The van der Waals surface area contributed by atoms with Gasteiger partial charge in [-0.2, -0.15) is 0 Å². The Balaban J connectivity index is 1.73. The summed E-state index contributed by atoms with van der Waals surface area (Å²) in [5.41, 5.74) is 6.55. The molecule has 0 saturated heterocycles. The molecule has 1 unspecified atom stereocenters. The minimum absolute atomic E-state index is 0.107. The summed E-state index contributed by atoms with van der Waals surface area (Å²) in [6, 6.07) is 13.5. The van der Waals surface area contributed by atoms with Crippen molar-refractivity contribution in [3.8, 4) is 11.5 Å². The Hall–Kier alpha value is -3.06. The number of ether oxygens (including phenoxy) is 3. The van der Waals surface area contributed by atoms with Gasteiger partial charge in [0.05, 0.1) is 0 Å². The van der Waals surface area contributed by atoms with E-state index in [-0.39, 0.29) is 6.10 Å². The lowest BCUT2D eigenvalue weighted by Gasteiger charge is -2.24. The van der Waals surface area contributed by atoms with Crippen LogP contribution < -0.4 is 15.8 Å². The number of amides is 1. The standard InChI is InChI=1S/C25H32N2O5/c1-25(2,3)32-24(29)27-22(23(28)31-19-6-4-5-7-19)18-10-14-21(15-11-18)30-20-12-8-17(16-26)9-13-20/h8-15,19,22H,4-7,16,26H2,1-3H3,(H,27,29). The van der Waals surface area contributed by atoms with Gasteiger partial charge in [0, 0.05) is 6.54 Å². The van der Waals surface area contributed by atoms with E-state index in [0.29, 0.717) is 23.6 Å².